The van der Waals surface area contributed by atoms with Crippen LogP contribution in [0, 0.1) is 11.3 Å². The third-order valence-corrected chi connectivity index (χ3v) is 7.06. The molecule has 0 fully saturated rings. The minimum absolute atomic E-state index is 0.0854. The molecule has 8 nitrogen and oxygen atoms in total. The molecule has 0 saturated heterocycles. The number of hydrogen-bond acceptors (Lipinski definition) is 7. The monoisotopic (exact) mass is 476 g/mol. The number of benzene rings is 1. The Hall–Kier alpha value is -1.73. The fourth-order valence-electron chi connectivity index (χ4n) is 3.80. The Morgan fingerprint density at radius 1 is 1.31 bits per heavy atom. The van der Waals surface area contributed by atoms with Crippen molar-refractivity contribution in [2.24, 2.45) is 11.3 Å². The van der Waals surface area contributed by atoms with Crippen LogP contribution in [0.4, 0.5) is 0 Å². The van der Waals surface area contributed by atoms with Crippen molar-refractivity contribution in [3.05, 3.63) is 23.9 Å². The Morgan fingerprint density at radius 2 is 2.03 bits per heavy atom. The first-order chi connectivity index (χ1) is 15.3. The van der Waals surface area contributed by atoms with Crippen molar-refractivity contribution < 1.29 is 27.9 Å². The zero-order valence-corrected chi connectivity index (χ0v) is 21.6. The number of rotatable bonds is 11. The van der Waals surface area contributed by atoms with Crippen molar-refractivity contribution in [2.45, 2.75) is 59.2 Å². The smallest absolute Gasteiger partial charge is 0.331 e. The molecule has 3 rings (SSSR count). The molecule has 1 aromatic heterocycles. The number of carbonyl (C=O) groups excluding carboxylic acids is 1. The number of fused-ring (bicyclic) bond motifs is 3. The fourth-order valence-corrected chi connectivity index (χ4v) is 5.02. The van der Waals surface area contributed by atoms with Gasteiger partial charge in [-0.2, -0.15) is 5.10 Å². The summed E-state index contributed by atoms with van der Waals surface area (Å²) in [6, 6.07) is 4.02. The molecule has 2 aromatic rings. The minimum Gasteiger partial charge on any atom is -0.491 e. The van der Waals surface area contributed by atoms with Crippen molar-refractivity contribution in [3.63, 3.8) is 0 Å². The number of aromatic nitrogens is 2. The van der Waals surface area contributed by atoms with Gasteiger partial charge < -0.3 is 23.1 Å². The second kappa shape index (κ2) is 10.9. The summed E-state index contributed by atoms with van der Waals surface area (Å²) >= 11 is 0. The Kier molecular flexibility index (Phi) is 8.51. The van der Waals surface area contributed by atoms with Crippen LogP contribution in [0.15, 0.2) is 18.3 Å². The Morgan fingerprint density at radius 3 is 2.69 bits per heavy atom. The highest BCUT2D eigenvalue weighted by molar-refractivity contribution is 6.26. The van der Waals surface area contributed by atoms with Gasteiger partial charge >= 0.3 is 5.97 Å². The largest absolute Gasteiger partial charge is 0.491 e. The highest BCUT2D eigenvalue weighted by Gasteiger charge is 2.37. The quantitative estimate of drug-likeness (QED) is 0.280. The third-order valence-electron chi connectivity index (χ3n) is 6.16. The number of hydrogen-bond donors (Lipinski definition) is 0. The Balaban J connectivity index is 1.84. The number of esters is 1. The predicted molar refractivity (Wildman–Crippen MR) is 123 cm³/mol. The van der Waals surface area contributed by atoms with Gasteiger partial charge in [0.25, 0.3) is 0 Å². The van der Waals surface area contributed by atoms with E-state index in [2.05, 4.69) is 30.6 Å². The predicted octanol–water partition coefficient (Wildman–Crippen LogP) is 2.89. The lowest BCUT2D eigenvalue weighted by molar-refractivity contribution is -0.148. The molecule has 10 heteroatoms. The molecule has 174 valence electrons. The first-order valence-electron chi connectivity index (χ1n) is 10.7. The lowest BCUT2D eigenvalue weighted by Crippen LogP contribution is -2.42. The molecular formula is C22H32N2O6Si2. The van der Waals surface area contributed by atoms with Gasteiger partial charge in [0.05, 0.1) is 24.9 Å². The van der Waals surface area contributed by atoms with Gasteiger partial charge in [-0.3, -0.25) is 4.68 Å². The second-order valence-corrected chi connectivity index (χ2v) is 9.82. The zero-order valence-electron chi connectivity index (χ0n) is 19.6. The summed E-state index contributed by atoms with van der Waals surface area (Å²) in [4.78, 5) is 11.5. The molecule has 1 aromatic carbocycles. The van der Waals surface area contributed by atoms with E-state index in [1.54, 1.807) is 0 Å². The number of methoxy groups -OCH3 is 1. The molecule has 2 atom stereocenters. The Labute approximate surface area is 194 Å². The van der Waals surface area contributed by atoms with Gasteiger partial charge in [0, 0.05) is 29.3 Å². The molecule has 2 heterocycles. The zero-order chi connectivity index (χ0) is 23.3. The van der Waals surface area contributed by atoms with Gasteiger partial charge in [-0.25, -0.2) is 4.79 Å². The lowest BCUT2D eigenvalue weighted by atomic mass is 9.79. The van der Waals surface area contributed by atoms with Crippen molar-refractivity contribution in [1.82, 2.24) is 9.78 Å². The molecular weight excluding hydrogens is 444 g/mol. The van der Waals surface area contributed by atoms with E-state index >= 15 is 0 Å². The second-order valence-electron chi connectivity index (χ2n) is 8.53. The van der Waals surface area contributed by atoms with E-state index in [9.17, 15) is 4.79 Å². The molecule has 4 radical (unpaired) electrons. The van der Waals surface area contributed by atoms with E-state index in [0.29, 0.717) is 39.1 Å². The molecule has 1 aliphatic rings. The molecule has 0 aliphatic carbocycles. The molecule has 0 spiro atoms. The van der Waals surface area contributed by atoms with Crippen LogP contribution in [0.2, 0.25) is 13.1 Å². The molecule has 2 unspecified atom stereocenters. The van der Waals surface area contributed by atoms with E-state index in [1.165, 1.54) is 7.11 Å². The van der Waals surface area contributed by atoms with Gasteiger partial charge in [0.2, 0.25) is 19.5 Å². The molecule has 1 aliphatic heterocycles. The summed E-state index contributed by atoms with van der Waals surface area (Å²) < 4.78 is 30.3. The maximum Gasteiger partial charge on any atom is 0.331 e. The molecule has 0 amide bonds. The van der Waals surface area contributed by atoms with Crippen LogP contribution in [0.25, 0.3) is 10.9 Å². The molecule has 32 heavy (non-hydrogen) atoms. The van der Waals surface area contributed by atoms with Crippen molar-refractivity contribution in [3.8, 4) is 5.75 Å². The van der Waals surface area contributed by atoms with Crippen LogP contribution >= 0.6 is 0 Å². The number of nitrogens with zero attached hydrogens (tertiary/aromatic N) is 2. The topological polar surface area (TPSA) is 81.0 Å². The van der Waals surface area contributed by atoms with E-state index in [1.807, 2.05) is 36.1 Å². The van der Waals surface area contributed by atoms with Crippen LogP contribution < -0.4 is 4.74 Å². The summed E-state index contributed by atoms with van der Waals surface area (Å²) in [6.45, 7) is 11.6. The van der Waals surface area contributed by atoms with Crippen LogP contribution in [0.5, 0.6) is 5.75 Å². The number of ether oxygens (including phenoxy) is 3. The van der Waals surface area contributed by atoms with Gasteiger partial charge in [-0.1, -0.05) is 20.8 Å². The minimum atomic E-state index is -0.394. The van der Waals surface area contributed by atoms with E-state index < -0.39 is 5.97 Å². The van der Waals surface area contributed by atoms with E-state index in [4.69, 9.17) is 18.3 Å². The van der Waals surface area contributed by atoms with Crippen molar-refractivity contribution in [1.29, 1.82) is 0 Å². The maximum absolute atomic E-state index is 11.5. The van der Waals surface area contributed by atoms with E-state index in [-0.39, 0.29) is 30.3 Å². The SMILES string of the molecule is COC(=O)COC1COc2ccc3cnn(CC(C)C(C)(C)C(O[Si]C)O[Si]C)c3c2C1. The van der Waals surface area contributed by atoms with Gasteiger partial charge in [0.15, 0.2) is 0 Å². The van der Waals surface area contributed by atoms with Crippen LogP contribution in [0.3, 0.4) is 0 Å². The van der Waals surface area contributed by atoms with Crippen LogP contribution in [-0.2, 0) is 36.1 Å². The van der Waals surface area contributed by atoms with Gasteiger partial charge in [-0.15, -0.1) is 0 Å². The summed E-state index contributed by atoms with van der Waals surface area (Å²) in [5, 5.41) is 5.74. The molecule has 0 N–H and O–H groups in total. The average molecular weight is 477 g/mol. The number of carbonyl (C=O) groups is 1. The van der Waals surface area contributed by atoms with Gasteiger partial charge in [0.1, 0.15) is 25.3 Å². The standard InChI is InChI=1S/C22H32N2O6Si2/c1-14(22(2,3)21(29-31-5)30-32-6)11-24-20-15(10-23-24)7-8-18-17(20)9-16(12-28-18)27-13-19(25)26-4/h7-8,10,14,16,21H,9,11-13H2,1-6H3. The summed E-state index contributed by atoms with van der Waals surface area (Å²) in [7, 11) is 2.08. The summed E-state index contributed by atoms with van der Waals surface area (Å²) in [6.07, 6.45) is 2.06. The first kappa shape index (κ1) is 24.9. The summed E-state index contributed by atoms with van der Waals surface area (Å²) in [5.41, 5.74) is 1.90. The Bertz CT molecular complexity index is 913. The van der Waals surface area contributed by atoms with Crippen LogP contribution in [0.1, 0.15) is 26.3 Å². The van der Waals surface area contributed by atoms with E-state index in [0.717, 1.165) is 22.2 Å². The molecule has 0 bridgehead atoms. The first-order valence-corrected chi connectivity index (χ1v) is 13.6. The van der Waals surface area contributed by atoms with Crippen LogP contribution in [-0.4, -0.2) is 68.0 Å². The highest BCUT2D eigenvalue weighted by Crippen LogP contribution is 2.37. The van der Waals surface area contributed by atoms with Crippen molar-refractivity contribution in [2.75, 3.05) is 20.3 Å². The maximum atomic E-state index is 11.5. The normalized spacial score (nSPS) is 17.3. The third kappa shape index (κ3) is 5.42. The van der Waals surface area contributed by atoms with Gasteiger partial charge in [-0.05, 0) is 31.1 Å². The fraction of sp³-hybridized carbons (Fsp3) is 0.636. The summed E-state index contributed by atoms with van der Waals surface area (Å²) in [5.74, 6) is 0.678. The highest BCUT2D eigenvalue weighted by atomic mass is 28.2. The lowest BCUT2D eigenvalue weighted by Gasteiger charge is -2.39. The average Bonchev–Trinajstić information content (AvgIpc) is 3.20. The molecule has 0 saturated carbocycles. The van der Waals surface area contributed by atoms with Crippen molar-refractivity contribution >= 4 is 36.4 Å².